The van der Waals surface area contributed by atoms with Crippen LogP contribution in [0.15, 0.2) is 54.6 Å². The maximum atomic E-state index is 13.0. The Hall–Kier alpha value is -4.01. The molecule has 4 rings (SSSR count). The molecule has 1 aliphatic heterocycles. The van der Waals surface area contributed by atoms with Gasteiger partial charge in [-0.25, -0.2) is 0 Å². The number of hydrogen-bond donors (Lipinski definition) is 1. The van der Waals surface area contributed by atoms with E-state index in [-0.39, 0.29) is 23.2 Å². The fourth-order valence-corrected chi connectivity index (χ4v) is 4.04. The molecule has 2 heterocycles. The van der Waals surface area contributed by atoms with Gasteiger partial charge in [-0.15, -0.1) is 10.2 Å². The molecule has 0 radical (unpaired) electrons. The predicted octanol–water partition coefficient (Wildman–Crippen LogP) is 4.22. The molecule has 0 saturated carbocycles. The van der Waals surface area contributed by atoms with Crippen LogP contribution in [0.3, 0.4) is 0 Å². The lowest BCUT2D eigenvalue weighted by Gasteiger charge is -2.32. The van der Waals surface area contributed by atoms with Gasteiger partial charge in [-0.05, 0) is 43.5 Å². The zero-order chi connectivity index (χ0) is 23.4. The van der Waals surface area contributed by atoms with Crippen LogP contribution in [0, 0.1) is 23.0 Å². The van der Waals surface area contributed by atoms with Crippen molar-refractivity contribution in [1.29, 1.82) is 0 Å². The highest BCUT2D eigenvalue weighted by Gasteiger charge is 2.28. The summed E-state index contributed by atoms with van der Waals surface area (Å²) >= 11 is 0. The topological polar surface area (TPSA) is 110 Å². The van der Waals surface area contributed by atoms with Crippen LogP contribution in [0.4, 0.5) is 17.2 Å². The van der Waals surface area contributed by atoms with Crippen molar-refractivity contribution in [2.75, 3.05) is 30.4 Å². The number of benzene rings is 2. The summed E-state index contributed by atoms with van der Waals surface area (Å²) in [5, 5.41) is 22.7. The van der Waals surface area contributed by atoms with Crippen LogP contribution in [0.5, 0.6) is 5.75 Å². The van der Waals surface area contributed by atoms with E-state index in [0.29, 0.717) is 18.7 Å². The van der Waals surface area contributed by atoms with Gasteiger partial charge in [0.1, 0.15) is 5.75 Å². The van der Waals surface area contributed by atoms with E-state index in [1.54, 1.807) is 0 Å². The number of nitrogens with one attached hydrogen (secondary N) is 1. The van der Waals surface area contributed by atoms with Crippen LogP contribution in [0.1, 0.15) is 18.4 Å². The number of nitro groups is 1. The quantitative estimate of drug-likeness (QED) is 0.445. The zero-order valence-corrected chi connectivity index (χ0v) is 18.5. The van der Waals surface area contributed by atoms with Gasteiger partial charge in [0.25, 0.3) is 5.69 Å². The molecule has 9 heteroatoms. The van der Waals surface area contributed by atoms with Gasteiger partial charge in [0.2, 0.25) is 5.91 Å². The number of anilines is 2. The fraction of sp³-hybridized carbons (Fsp3) is 0.292. The number of nitrogens with zero attached hydrogens (tertiary/aromatic N) is 4. The molecule has 2 aromatic carbocycles. The number of nitro benzene ring substituents is 1. The second kappa shape index (κ2) is 9.64. The SMILES string of the molecule is COc1ccc([N+](=O)[O-])cc1NC(=O)C1CCCN(c2ccc(-c3ccccc3C)nn2)C1. The molecule has 3 aromatic rings. The number of aromatic nitrogens is 2. The number of aryl methyl sites for hydroxylation is 1. The first-order valence-corrected chi connectivity index (χ1v) is 10.7. The van der Waals surface area contributed by atoms with Gasteiger partial charge in [0.05, 0.1) is 29.3 Å². The van der Waals surface area contributed by atoms with E-state index in [1.807, 2.05) is 48.2 Å². The first kappa shape index (κ1) is 22.2. The van der Waals surface area contributed by atoms with Crippen LogP contribution in [0.2, 0.25) is 0 Å². The number of amides is 1. The number of non-ortho nitro benzene ring substituents is 1. The Kier molecular flexibility index (Phi) is 6.48. The number of ether oxygens (including phenoxy) is 1. The number of piperidine rings is 1. The maximum Gasteiger partial charge on any atom is 0.271 e. The third-order valence-corrected chi connectivity index (χ3v) is 5.84. The first-order valence-electron chi connectivity index (χ1n) is 10.7. The number of hydrogen-bond acceptors (Lipinski definition) is 7. The van der Waals surface area contributed by atoms with Crippen LogP contribution < -0.4 is 15.0 Å². The van der Waals surface area contributed by atoms with Gasteiger partial charge >= 0.3 is 0 Å². The number of carbonyl (C=O) groups excluding carboxylic acids is 1. The standard InChI is InChI=1S/C24H25N5O4/c1-16-6-3-4-8-19(16)20-10-12-23(27-26-20)28-13-5-7-17(15-28)24(30)25-21-14-18(29(31)32)9-11-22(21)33-2/h3-4,6,8-12,14,17H,5,7,13,15H2,1-2H3,(H,25,30). The Morgan fingerprint density at radius 3 is 2.70 bits per heavy atom. The molecule has 1 N–H and O–H groups in total. The van der Waals surface area contributed by atoms with Crippen LogP contribution in [-0.2, 0) is 4.79 Å². The lowest BCUT2D eigenvalue weighted by Crippen LogP contribution is -2.41. The second-order valence-corrected chi connectivity index (χ2v) is 8.01. The van der Waals surface area contributed by atoms with E-state index in [1.165, 1.54) is 25.3 Å². The minimum atomic E-state index is -0.503. The average Bonchev–Trinajstić information content (AvgIpc) is 2.84. The maximum absolute atomic E-state index is 13.0. The van der Waals surface area contributed by atoms with Gasteiger partial charge in [-0.3, -0.25) is 14.9 Å². The molecular formula is C24H25N5O4. The highest BCUT2D eigenvalue weighted by molar-refractivity contribution is 5.94. The first-order chi connectivity index (χ1) is 16.0. The fourth-order valence-electron chi connectivity index (χ4n) is 4.04. The molecule has 1 unspecified atom stereocenters. The van der Waals surface area contributed by atoms with Gasteiger partial charge < -0.3 is 15.0 Å². The Morgan fingerprint density at radius 2 is 2.00 bits per heavy atom. The lowest BCUT2D eigenvalue weighted by molar-refractivity contribution is -0.384. The van der Waals surface area contributed by atoms with E-state index >= 15 is 0 Å². The normalized spacial score (nSPS) is 15.7. The van der Waals surface area contributed by atoms with Crippen molar-refractivity contribution in [2.45, 2.75) is 19.8 Å². The van der Waals surface area contributed by atoms with Crippen molar-refractivity contribution in [3.63, 3.8) is 0 Å². The molecular weight excluding hydrogens is 422 g/mol. The number of carbonyl (C=O) groups is 1. The molecule has 1 atom stereocenters. The highest BCUT2D eigenvalue weighted by Crippen LogP contribution is 2.31. The van der Waals surface area contributed by atoms with E-state index in [9.17, 15) is 14.9 Å². The molecule has 1 amide bonds. The van der Waals surface area contributed by atoms with Gasteiger partial charge in [0.15, 0.2) is 5.82 Å². The largest absolute Gasteiger partial charge is 0.495 e. The van der Waals surface area contributed by atoms with Crippen molar-refractivity contribution in [2.24, 2.45) is 5.92 Å². The van der Waals surface area contributed by atoms with Crippen molar-refractivity contribution >= 4 is 23.1 Å². The summed E-state index contributed by atoms with van der Waals surface area (Å²) in [6.45, 7) is 3.30. The third kappa shape index (κ3) is 4.92. The molecule has 1 aliphatic rings. The Balaban J connectivity index is 1.46. The van der Waals surface area contributed by atoms with Crippen LogP contribution >= 0.6 is 0 Å². The van der Waals surface area contributed by atoms with Crippen molar-refractivity contribution in [3.05, 3.63) is 70.3 Å². The molecule has 33 heavy (non-hydrogen) atoms. The molecule has 170 valence electrons. The summed E-state index contributed by atoms with van der Waals surface area (Å²) < 4.78 is 5.25. The molecule has 1 aromatic heterocycles. The monoisotopic (exact) mass is 447 g/mol. The summed E-state index contributed by atoms with van der Waals surface area (Å²) in [4.78, 5) is 25.6. The van der Waals surface area contributed by atoms with Gasteiger partial charge in [-0.1, -0.05) is 24.3 Å². The van der Waals surface area contributed by atoms with Crippen molar-refractivity contribution < 1.29 is 14.5 Å². The average molecular weight is 447 g/mol. The molecule has 1 fully saturated rings. The zero-order valence-electron chi connectivity index (χ0n) is 18.5. The molecule has 0 aliphatic carbocycles. The predicted molar refractivity (Wildman–Crippen MR) is 125 cm³/mol. The molecule has 9 nitrogen and oxygen atoms in total. The van der Waals surface area contributed by atoms with Crippen LogP contribution in [-0.4, -0.2) is 41.2 Å². The minimum Gasteiger partial charge on any atom is -0.495 e. The Bertz CT molecular complexity index is 1170. The van der Waals surface area contributed by atoms with Gasteiger partial charge in [0, 0.05) is 30.8 Å². The summed E-state index contributed by atoms with van der Waals surface area (Å²) in [5.41, 5.74) is 3.15. The number of rotatable bonds is 6. The minimum absolute atomic E-state index is 0.111. The molecule has 1 saturated heterocycles. The van der Waals surface area contributed by atoms with E-state index in [4.69, 9.17) is 4.74 Å². The Labute approximate surface area is 191 Å². The second-order valence-electron chi connectivity index (χ2n) is 8.01. The third-order valence-electron chi connectivity index (χ3n) is 5.84. The lowest BCUT2D eigenvalue weighted by atomic mass is 9.97. The summed E-state index contributed by atoms with van der Waals surface area (Å²) in [7, 11) is 1.46. The molecule has 0 spiro atoms. The molecule has 0 bridgehead atoms. The van der Waals surface area contributed by atoms with Crippen LogP contribution in [0.25, 0.3) is 11.3 Å². The summed E-state index contributed by atoms with van der Waals surface area (Å²) in [5.74, 6) is 0.598. The van der Waals surface area contributed by atoms with Crippen molar-refractivity contribution in [1.82, 2.24) is 10.2 Å². The van der Waals surface area contributed by atoms with Gasteiger partial charge in [-0.2, -0.15) is 0 Å². The van der Waals surface area contributed by atoms with E-state index < -0.39 is 4.92 Å². The van der Waals surface area contributed by atoms with Crippen molar-refractivity contribution in [3.8, 4) is 17.0 Å². The summed E-state index contributed by atoms with van der Waals surface area (Å²) in [6.07, 6.45) is 1.54. The Morgan fingerprint density at radius 1 is 1.18 bits per heavy atom. The number of methoxy groups -OCH3 is 1. The van der Waals surface area contributed by atoms with E-state index in [2.05, 4.69) is 15.5 Å². The highest BCUT2D eigenvalue weighted by atomic mass is 16.6. The summed E-state index contributed by atoms with van der Waals surface area (Å²) in [6, 6.07) is 16.0. The van der Waals surface area contributed by atoms with E-state index in [0.717, 1.165) is 35.6 Å². The smallest absolute Gasteiger partial charge is 0.271 e.